The molecule has 1 heterocycles. The molecule has 0 aliphatic carbocycles. The molecule has 3 rings (SSSR count). The van der Waals surface area contributed by atoms with Crippen LogP contribution in [0.25, 0.3) is 0 Å². The van der Waals surface area contributed by atoms with Crippen LogP contribution in [0.2, 0.25) is 0 Å². The van der Waals surface area contributed by atoms with Crippen LogP contribution >= 0.6 is 0 Å². The molecular weight excluding hydrogens is 461 g/mol. The van der Waals surface area contributed by atoms with Crippen molar-refractivity contribution in [3.8, 4) is 0 Å². The number of sulfonamides is 1. The van der Waals surface area contributed by atoms with Gasteiger partial charge in [-0.1, -0.05) is 12.5 Å². The Morgan fingerprint density at radius 2 is 1.67 bits per heavy atom. The second-order valence-corrected chi connectivity index (χ2v) is 9.55. The number of hydrogen-bond donors (Lipinski definition) is 1. The normalized spacial score (nSPS) is 15.2. The summed E-state index contributed by atoms with van der Waals surface area (Å²) in [5.74, 6) is -1.65. The quantitative estimate of drug-likeness (QED) is 0.626. The van der Waals surface area contributed by atoms with Gasteiger partial charge in [-0.2, -0.15) is 17.5 Å². The first kappa shape index (κ1) is 24.7. The van der Waals surface area contributed by atoms with Crippen LogP contribution < -0.4 is 5.32 Å². The van der Waals surface area contributed by atoms with Crippen LogP contribution in [0, 0.1) is 6.92 Å². The molecule has 0 bridgehead atoms. The van der Waals surface area contributed by atoms with Gasteiger partial charge in [-0.3, -0.25) is 4.79 Å². The smallest absolute Gasteiger partial charge is 0.416 e. The van der Waals surface area contributed by atoms with Crippen LogP contribution in [0.3, 0.4) is 0 Å². The van der Waals surface area contributed by atoms with E-state index in [1.165, 1.54) is 22.5 Å². The van der Waals surface area contributed by atoms with Gasteiger partial charge in [0.15, 0.2) is 6.61 Å². The SMILES string of the molecule is Cc1ccc(C(=O)OCC(=O)Nc2ccc(C(F)(F)F)cc2)cc1S(=O)(=O)N1CCCCC1. The Balaban J connectivity index is 1.63. The Bertz CT molecular complexity index is 1130. The van der Waals surface area contributed by atoms with E-state index in [2.05, 4.69) is 5.32 Å². The highest BCUT2D eigenvalue weighted by Gasteiger charge is 2.30. The molecule has 0 radical (unpaired) electrons. The lowest BCUT2D eigenvalue weighted by Crippen LogP contribution is -2.36. The second kappa shape index (κ2) is 9.92. The number of carbonyl (C=O) groups excluding carboxylic acids is 2. The van der Waals surface area contributed by atoms with E-state index in [-0.39, 0.29) is 16.1 Å². The van der Waals surface area contributed by atoms with Gasteiger partial charge in [0.05, 0.1) is 16.0 Å². The van der Waals surface area contributed by atoms with Crippen molar-refractivity contribution in [2.24, 2.45) is 0 Å². The number of esters is 1. The lowest BCUT2D eigenvalue weighted by molar-refractivity contribution is -0.137. The number of alkyl halides is 3. The number of nitrogens with one attached hydrogen (secondary N) is 1. The third-order valence-corrected chi connectivity index (χ3v) is 7.23. The highest BCUT2D eigenvalue weighted by molar-refractivity contribution is 7.89. The maximum atomic E-state index is 13.0. The van der Waals surface area contributed by atoms with E-state index in [4.69, 9.17) is 4.74 Å². The van der Waals surface area contributed by atoms with Gasteiger partial charge in [0.25, 0.3) is 5.91 Å². The van der Waals surface area contributed by atoms with Gasteiger partial charge in [0.1, 0.15) is 0 Å². The van der Waals surface area contributed by atoms with E-state index >= 15 is 0 Å². The fourth-order valence-electron chi connectivity index (χ4n) is 3.40. The van der Waals surface area contributed by atoms with Gasteiger partial charge < -0.3 is 10.1 Å². The van der Waals surface area contributed by atoms with Crippen molar-refractivity contribution in [1.82, 2.24) is 4.31 Å². The Morgan fingerprint density at radius 3 is 2.27 bits per heavy atom. The molecule has 1 aliphatic heterocycles. The molecule has 1 amide bonds. The Labute approximate surface area is 189 Å². The minimum atomic E-state index is -4.49. The van der Waals surface area contributed by atoms with Crippen LogP contribution in [-0.4, -0.2) is 44.3 Å². The van der Waals surface area contributed by atoms with Crippen LogP contribution in [0.1, 0.15) is 40.7 Å². The monoisotopic (exact) mass is 484 g/mol. The summed E-state index contributed by atoms with van der Waals surface area (Å²) in [4.78, 5) is 24.4. The Morgan fingerprint density at radius 1 is 1.03 bits per heavy atom. The first-order valence-corrected chi connectivity index (χ1v) is 11.7. The molecule has 11 heteroatoms. The molecule has 2 aromatic rings. The number of hydrogen-bond acceptors (Lipinski definition) is 5. The molecule has 0 unspecified atom stereocenters. The zero-order valence-corrected chi connectivity index (χ0v) is 18.6. The molecule has 2 aromatic carbocycles. The number of amides is 1. The topological polar surface area (TPSA) is 92.8 Å². The Hall–Kier alpha value is -2.92. The molecule has 7 nitrogen and oxygen atoms in total. The molecule has 33 heavy (non-hydrogen) atoms. The molecule has 1 aliphatic rings. The van der Waals surface area contributed by atoms with Crippen molar-refractivity contribution >= 4 is 27.6 Å². The number of anilines is 1. The number of rotatable bonds is 6. The average molecular weight is 484 g/mol. The molecule has 0 saturated carbocycles. The number of halogens is 3. The van der Waals surface area contributed by atoms with Crippen LogP contribution in [-0.2, 0) is 25.7 Å². The highest BCUT2D eigenvalue weighted by atomic mass is 32.2. The molecule has 1 N–H and O–H groups in total. The lowest BCUT2D eigenvalue weighted by Gasteiger charge is -2.26. The van der Waals surface area contributed by atoms with Crippen molar-refractivity contribution in [3.63, 3.8) is 0 Å². The predicted octanol–water partition coefficient (Wildman–Crippen LogP) is 3.98. The first-order chi connectivity index (χ1) is 15.5. The summed E-state index contributed by atoms with van der Waals surface area (Å²) >= 11 is 0. The summed E-state index contributed by atoms with van der Waals surface area (Å²) in [6.07, 6.45) is -1.99. The van der Waals surface area contributed by atoms with Crippen LogP contribution in [0.5, 0.6) is 0 Å². The molecule has 178 valence electrons. The fourth-order valence-corrected chi connectivity index (χ4v) is 5.17. The van der Waals surface area contributed by atoms with Gasteiger partial charge in [-0.05, 0) is 61.7 Å². The van der Waals surface area contributed by atoms with Gasteiger partial charge in [0.2, 0.25) is 10.0 Å². The average Bonchev–Trinajstić information content (AvgIpc) is 2.78. The van der Waals surface area contributed by atoms with Crippen molar-refractivity contribution in [1.29, 1.82) is 0 Å². The first-order valence-electron chi connectivity index (χ1n) is 10.2. The molecular formula is C22H23F3N2O5S. The van der Waals surface area contributed by atoms with Crippen molar-refractivity contribution in [3.05, 3.63) is 59.2 Å². The van der Waals surface area contributed by atoms with E-state index < -0.39 is 40.2 Å². The van der Waals surface area contributed by atoms with E-state index in [1.807, 2.05) is 0 Å². The summed E-state index contributed by atoms with van der Waals surface area (Å²) in [6.45, 7) is 1.77. The van der Waals surface area contributed by atoms with Crippen molar-refractivity contribution in [2.45, 2.75) is 37.3 Å². The zero-order chi connectivity index (χ0) is 24.2. The zero-order valence-electron chi connectivity index (χ0n) is 17.8. The van der Waals surface area contributed by atoms with Crippen LogP contribution in [0.4, 0.5) is 18.9 Å². The van der Waals surface area contributed by atoms with Gasteiger partial charge in [0, 0.05) is 18.8 Å². The van der Waals surface area contributed by atoms with Crippen molar-refractivity contribution < 1.29 is 35.9 Å². The fraction of sp³-hybridized carbons (Fsp3) is 0.364. The summed E-state index contributed by atoms with van der Waals surface area (Å²) in [7, 11) is -3.77. The van der Waals surface area contributed by atoms with Gasteiger partial charge >= 0.3 is 12.1 Å². The predicted molar refractivity (Wildman–Crippen MR) is 114 cm³/mol. The number of benzene rings is 2. The largest absolute Gasteiger partial charge is 0.452 e. The minimum absolute atomic E-state index is 0.00746. The number of piperidine rings is 1. The van der Waals surface area contributed by atoms with Crippen molar-refractivity contribution in [2.75, 3.05) is 25.0 Å². The van der Waals surface area contributed by atoms with Gasteiger partial charge in [-0.25, -0.2) is 13.2 Å². The number of ether oxygens (including phenoxy) is 1. The van der Waals surface area contributed by atoms with E-state index in [1.54, 1.807) is 6.92 Å². The van der Waals surface area contributed by atoms with E-state index in [9.17, 15) is 31.2 Å². The maximum absolute atomic E-state index is 13.0. The Kier molecular flexibility index (Phi) is 7.43. The molecule has 0 aromatic heterocycles. The summed E-state index contributed by atoms with van der Waals surface area (Å²) in [5, 5.41) is 2.33. The lowest BCUT2D eigenvalue weighted by atomic mass is 10.1. The number of nitrogens with zero attached hydrogens (tertiary/aromatic N) is 1. The van der Waals surface area contributed by atoms with E-state index in [0.717, 1.165) is 43.5 Å². The van der Waals surface area contributed by atoms with E-state index in [0.29, 0.717) is 18.7 Å². The maximum Gasteiger partial charge on any atom is 0.416 e. The minimum Gasteiger partial charge on any atom is -0.452 e. The highest BCUT2D eigenvalue weighted by Crippen LogP contribution is 2.30. The number of carbonyl (C=O) groups is 2. The molecule has 1 saturated heterocycles. The van der Waals surface area contributed by atoms with Gasteiger partial charge in [-0.15, -0.1) is 0 Å². The second-order valence-electron chi connectivity index (χ2n) is 7.64. The van der Waals surface area contributed by atoms with Crippen LogP contribution in [0.15, 0.2) is 47.4 Å². The summed E-state index contributed by atoms with van der Waals surface area (Å²) in [5.41, 5.74) is -0.299. The molecule has 0 atom stereocenters. The number of aryl methyl sites for hydroxylation is 1. The third kappa shape index (κ3) is 6.11. The standard InChI is InChI=1S/C22H23F3N2O5S/c1-15-5-6-16(13-19(15)33(30,31)27-11-3-2-4-12-27)21(29)32-14-20(28)26-18-9-7-17(8-10-18)22(23,24)25/h5-10,13H,2-4,11-12,14H2,1H3,(H,26,28). The molecule has 1 fully saturated rings. The summed E-state index contributed by atoms with van der Waals surface area (Å²) in [6, 6.07) is 7.93. The summed E-state index contributed by atoms with van der Waals surface area (Å²) < 4.78 is 70.1. The molecule has 0 spiro atoms. The third-order valence-electron chi connectivity index (χ3n) is 5.19.